The Balaban J connectivity index is 2.43. The molecule has 0 radical (unpaired) electrons. The van der Waals surface area contributed by atoms with E-state index in [2.05, 4.69) is 40.0 Å². The Labute approximate surface area is 129 Å². The zero-order valence-electron chi connectivity index (χ0n) is 12.3. The van der Waals surface area contributed by atoms with Crippen LogP contribution in [0.3, 0.4) is 0 Å². The zero-order valence-corrected chi connectivity index (χ0v) is 13.9. The standard InChI is InChI=1S/C15H23BrN2O2/c1-11(2)18(10-12(3)19)9-8-15(20)17-14-6-4-13(16)5-7-14/h4-7,11-12,19H,8-10H2,1-3H3,(H,17,20). The van der Waals surface area contributed by atoms with E-state index in [-0.39, 0.29) is 12.0 Å². The molecule has 1 unspecified atom stereocenters. The zero-order chi connectivity index (χ0) is 15.1. The maximum atomic E-state index is 11.9. The lowest BCUT2D eigenvalue weighted by Crippen LogP contribution is -2.38. The lowest BCUT2D eigenvalue weighted by atomic mass is 10.2. The number of carbonyl (C=O) groups is 1. The van der Waals surface area contributed by atoms with Crippen LogP contribution in [0.15, 0.2) is 28.7 Å². The molecule has 0 aliphatic carbocycles. The van der Waals surface area contributed by atoms with E-state index in [1.165, 1.54) is 0 Å². The molecule has 0 fully saturated rings. The summed E-state index contributed by atoms with van der Waals surface area (Å²) in [6, 6.07) is 7.81. The summed E-state index contributed by atoms with van der Waals surface area (Å²) in [5, 5.41) is 12.3. The first-order valence-corrected chi connectivity index (χ1v) is 7.65. The van der Waals surface area contributed by atoms with Crippen molar-refractivity contribution in [1.82, 2.24) is 4.90 Å². The molecule has 2 N–H and O–H groups in total. The predicted molar refractivity (Wildman–Crippen MR) is 85.8 cm³/mol. The fraction of sp³-hybridized carbons (Fsp3) is 0.533. The second-order valence-electron chi connectivity index (χ2n) is 5.24. The van der Waals surface area contributed by atoms with Crippen molar-refractivity contribution in [2.24, 2.45) is 0 Å². The number of hydrogen-bond donors (Lipinski definition) is 2. The van der Waals surface area contributed by atoms with Gasteiger partial charge in [-0.3, -0.25) is 9.69 Å². The quantitative estimate of drug-likeness (QED) is 0.800. The minimum absolute atomic E-state index is 0.0106. The van der Waals surface area contributed by atoms with Crippen LogP contribution in [0.2, 0.25) is 0 Å². The lowest BCUT2D eigenvalue weighted by molar-refractivity contribution is -0.116. The normalized spacial score (nSPS) is 12.8. The number of benzene rings is 1. The van der Waals surface area contributed by atoms with Crippen LogP contribution in [0.5, 0.6) is 0 Å². The number of amides is 1. The highest BCUT2D eigenvalue weighted by Crippen LogP contribution is 2.14. The number of nitrogens with zero attached hydrogens (tertiary/aromatic N) is 1. The summed E-state index contributed by atoms with van der Waals surface area (Å²) < 4.78 is 0.985. The van der Waals surface area contributed by atoms with Crippen LogP contribution in [-0.4, -0.2) is 41.1 Å². The number of nitrogens with one attached hydrogen (secondary N) is 1. The van der Waals surface area contributed by atoms with Crippen LogP contribution in [0.4, 0.5) is 5.69 Å². The van der Waals surface area contributed by atoms with Crippen molar-refractivity contribution in [1.29, 1.82) is 0 Å². The third-order valence-electron chi connectivity index (χ3n) is 2.98. The molecule has 0 saturated heterocycles. The molecule has 0 aliphatic heterocycles. The van der Waals surface area contributed by atoms with Crippen molar-refractivity contribution >= 4 is 27.5 Å². The van der Waals surface area contributed by atoms with Gasteiger partial charge in [-0.15, -0.1) is 0 Å². The van der Waals surface area contributed by atoms with Crippen LogP contribution < -0.4 is 5.32 Å². The van der Waals surface area contributed by atoms with Gasteiger partial charge in [-0.2, -0.15) is 0 Å². The molecular formula is C15H23BrN2O2. The van der Waals surface area contributed by atoms with Gasteiger partial charge in [-0.05, 0) is 45.0 Å². The second-order valence-corrected chi connectivity index (χ2v) is 6.16. The first-order valence-electron chi connectivity index (χ1n) is 6.86. The van der Waals surface area contributed by atoms with Gasteiger partial charge < -0.3 is 10.4 Å². The van der Waals surface area contributed by atoms with E-state index < -0.39 is 0 Å². The number of aliphatic hydroxyl groups excluding tert-OH is 1. The average molecular weight is 343 g/mol. The number of halogens is 1. The number of anilines is 1. The predicted octanol–water partition coefficient (Wildman–Crippen LogP) is 2.87. The van der Waals surface area contributed by atoms with E-state index in [0.717, 1.165) is 10.2 Å². The molecule has 0 spiro atoms. The van der Waals surface area contributed by atoms with Crippen molar-refractivity contribution < 1.29 is 9.90 Å². The summed E-state index contributed by atoms with van der Waals surface area (Å²) in [5.74, 6) is -0.0106. The van der Waals surface area contributed by atoms with Crippen LogP contribution in [0, 0.1) is 0 Å². The van der Waals surface area contributed by atoms with Crippen molar-refractivity contribution in [3.8, 4) is 0 Å². The first kappa shape index (κ1) is 17.1. The maximum absolute atomic E-state index is 11.9. The van der Waals surface area contributed by atoms with Crippen molar-refractivity contribution in [3.05, 3.63) is 28.7 Å². The maximum Gasteiger partial charge on any atom is 0.225 e. The molecule has 0 aliphatic rings. The van der Waals surface area contributed by atoms with E-state index in [4.69, 9.17) is 0 Å². The molecule has 1 aromatic carbocycles. The highest BCUT2D eigenvalue weighted by molar-refractivity contribution is 9.10. The monoisotopic (exact) mass is 342 g/mol. The molecule has 4 nitrogen and oxygen atoms in total. The number of aliphatic hydroxyl groups is 1. The molecule has 1 atom stereocenters. The fourth-order valence-corrected chi connectivity index (χ4v) is 2.17. The Hall–Kier alpha value is -0.910. The van der Waals surface area contributed by atoms with E-state index in [0.29, 0.717) is 25.6 Å². The molecule has 0 heterocycles. The molecule has 1 rings (SSSR count). The molecule has 0 saturated carbocycles. The Morgan fingerprint density at radius 3 is 2.40 bits per heavy atom. The van der Waals surface area contributed by atoms with E-state index in [9.17, 15) is 9.90 Å². The molecule has 112 valence electrons. The van der Waals surface area contributed by atoms with Gasteiger partial charge in [-0.25, -0.2) is 0 Å². The lowest BCUT2D eigenvalue weighted by Gasteiger charge is -2.27. The Morgan fingerprint density at radius 2 is 1.90 bits per heavy atom. The minimum atomic E-state index is -0.382. The van der Waals surface area contributed by atoms with Crippen LogP contribution in [0.1, 0.15) is 27.2 Å². The molecule has 1 amide bonds. The van der Waals surface area contributed by atoms with E-state index in [1.807, 2.05) is 24.3 Å². The second kappa shape index (κ2) is 8.39. The van der Waals surface area contributed by atoms with Gasteiger partial charge in [0, 0.05) is 35.7 Å². The van der Waals surface area contributed by atoms with Gasteiger partial charge in [0.1, 0.15) is 0 Å². The third kappa shape index (κ3) is 6.50. The molecular weight excluding hydrogens is 320 g/mol. The summed E-state index contributed by atoms with van der Waals surface area (Å²) in [5.41, 5.74) is 0.796. The molecule has 0 bridgehead atoms. The highest BCUT2D eigenvalue weighted by atomic mass is 79.9. The van der Waals surface area contributed by atoms with Gasteiger partial charge in [0.25, 0.3) is 0 Å². The van der Waals surface area contributed by atoms with Crippen LogP contribution >= 0.6 is 15.9 Å². The Morgan fingerprint density at radius 1 is 1.30 bits per heavy atom. The van der Waals surface area contributed by atoms with Crippen molar-refractivity contribution in [2.45, 2.75) is 39.3 Å². The SMILES string of the molecule is CC(O)CN(CCC(=O)Nc1ccc(Br)cc1)C(C)C. The van der Waals surface area contributed by atoms with Gasteiger partial charge in [-0.1, -0.05) is 15.9 Å². The Kier molecular flexibility index (Phi) is 7.19. The largest absolute Gasteiger partial charge is 0.392 e. The summed E-state index contributed by atoms with van der Waals surface area (Å²) >= 11 is 3.36. The van der Waals surface area contributed by atoms with Crippen LogP contribution in [-0.2, 0) is 4.79 Å². The smallest absolute Gasteiger partial charge is 0.225 e. The molecule has 5 heteroatoms. The van der Waals surface area contributed by atoms with Crippen molar-refractivity contribution in [3.63, 3.8) is 0 Å². The van der Waals surface area contributed by atoms with Gasteiger partial charge in [0.05, 0.1) is 6.10 Å². The van der Waals surface area contributed by atoms with Gasteiger partial charge in [0.2, 0.25) is 5.91 Å². The topological polar surface area (TPSA) is 52.6 Å². The first-order chi connectivity index (χ1) is 9.38. The molecule has 20 heavy (non-hydrogen) atoms. The summed E-state index contributed by atoms with van der Waals surface area (Å²) in [4.78, 5) is 14.0. The van der Waals surface area contributed by atoms with Crippen molar-refractivity contribution in [2.75, 3.05) is 18.4 Å². The summed E-state index contributed by atoms with van der Waals surface area (Å²) in [7, 11) is 0. The van der Waals surface area contributed by atoms with E-state index >= 15 is 0 Å². The summed E-state index contributed by atoms with van der Waals surface area (Å²) in [6.07, 6.45) is 0.0352. The van der Waals surface area contributed by atoms with Gasteiger partial charge in [0.15, 0.2) is 0 Å². The highest BCUT2D eigenvalue weighted by Gasteiger charge is 2.13. The van der Waals surface area contributed by atoms with E-state index in [1.54, 1.807) is 6.92 Å². The Bertz CT molecular complexity index is 418. The fourth-order valence-electron chi connectivity index (χ4n) is 1.90. The van der Waals surface area contributed by atoms with Gasteiger partial charge >= 0.3 is 0 Å². The summed E-state index contributed by atoms with van der Waals surface area (Å²) in [6.45, 7) is 7.12. The minimum Gasteiger partial charge on any atom is -0.392 e. The van der Waals surface area contributed by atoms with Crippen LogP contribution in [0.25, 0.3) is 0 Å². The third-order valence-corrected chi connectivity index (χ3v) is 3.51. The average Bonchev–Trinajstić information content (AvgIpc) is 2.36. The number of carbonyl (C=O) groups excluding carboxylic acids is 1. The molecule has 0 aromatic heterocycles. The number of hydrogen-bond acceptors (Lipinski definition) is 3. The number of rotatable bonds is 7. The molecule has 1 aromatic rings.